The quantitative estimate of drug-likeness (QED) is 0.831. The van der Waals surface area contributed by atoms with Gasteiger partial charge in [0.05, 0.1) is 5.69 Å². The van der Waals surface area contributed by atoms with Crippen molar-refractivity contribution in [2.24, 2.45) is 7.05 Å². The van der Waals surface area contributed by atoms with Gasteiger partial charge in [0.2, 0.25) is 0 Å². The van der Waals surface area contributed by atoms with Gasteiger partial charge in [-0.15, -0.1) is 0 Å². The van der Waals surface area contributed by atoms with Crippen molar-refractivity contribution in [3.05, 3.63) is 52.8 Å². The summed E-state index contributed by atoms with van der Waals surface area (Å²) in [6.45, 7) is 5.64. The number of rotatable bonds is 5. The van der Waals surface area contributed by atoms with Gasteiger partial charge in [-0.2, -0.15) is 5.10 Å². The van der Waals surface area contributed by atoms with Crippen LogP contribution in [-0.4, -0.2) is 21.4 Å². The van der Waals surface area contributed by atoms with Gasteiger partial charge in [-0.1, -0.05) is 30.3 Å². The fourth-order valence-corrected chi connectivity index (χ4v) is 2.44. The Hall–Kier alpha value is -1.88. The number of aryl methyl sites for hydroxylation is 2. The molecule has 0 saturated heterocycles. The lowest BCUT2D eigenvalue weighted by Crippen LogP contribution is -2.36. The summed E-state index contributed by atoms with van der Waals surface area (Å²) in [6, 6.07) is 10.4. The van der Waals surface area contributed by atoms with Crippen molar-refractivity contribution < 1.29 is 0 Å². The Morgan fingerprint density at radius 2 is 1.90 bits per heavy atom. The molecule has 5 heteroatoms. The maximum atomic E-state index is 5.31. The van der Waals surface area contributed by atoms with Gasteiger partial charge in [-0.3, -0.25) is 4.68 Å². The van der Waals surface area contributed by atoms with Crippen LogP contribution in [0.2, 0.25) is 0 Å². The summed E-state index contributed by atoms with van der Waals surface area (Å²) in [4.78, 5) is 0. The van der Waals surface area contributed by atoms with Crippen LogP contribution in [0.15, 0.2) is 30.3 Å². The van der Waals surface area contributed by atoms with Gasteiger partial charge in [-0.25, -0.2) is 0 Å². The number of nitrogens with one attached hydrogen (secondary N) is 2. The molecule has 0 spiro atoms. The molecule has 0 aliphatic carbocycles. The minimum atomic E-state index is 0.689. The Labute approximate surface area is 131 Å². The summed E-state index contributed by atoms with van der Waals surface area (Å²) >= 11 is 5.31. The molecule has 0 amide bonds. The summed E-state index contributed by atoms with van der Waals surface area (Å²) in [6.07, 6.45) is 0.966. The van der Waals surface area contributed by atoms with Crippen molar-refractivity contribution in [1.29, 1.82) is 0 Å². The van der Waals surface area contributed by atoms with Crippen LogP contribution in [0.1, 0.15) is 22.5 Å². The van der Waals surface area contributed by atoms with E-state index in [-0.39, 0.29) is 0 Å². The number of hydrogen-bond acceptors (Lipinski definition) is 2. The Bertz CT molecular complexity index is 604. The fraction of sp³-hybridized carbons (Fsp3) is 0.375. The second-order valence-corrected chi connectivity index (χ2v) is 5.53. The minimum Gasteiger partial charge on any atom is -0.362 e. The van der Waals surface area contributed by atoms with E-state index in [0.717, 1.165) is 18.7 Å². The number of aromatic nitrogens is 2. The molecular weight excluding hydrogens is 280 g/mol. The third kappa shape index (κ3) is 4.29. The van der Waals surface area contributed by atoms with E-state index in [1.165, 1.54) is 16.8 Å². The van der Waals surface area contributed by atoms with E-state index in [2.05, 4.69) is 46.9 Å². The Balaban J connectivity index is 1.75. The van der Waals surface area contributed by atoms with Gasteiger partial charge >= 0.3 is 0 Å². The van der Waals surface area contributed by atoms with Crippen molar-refractivity contribution in [3.8, 4) is 0 Å². The summed E-state index contributed by atoms with van der Waals surface area (Å²) in [5.74, 6) is 0. The molecule has 4 nitrogen and oxygen atoms in total. The Morgan fingerprint density at radius 1 is 1.19 bits per heavy atom. The van der Waals surface area contributed by atoms with Crippen LogP contribution in [0.3, 0.4) is 0 Å². The van der Waals surface area contributed by atoms with E-state index < -0.39 is 0 Å². The molecule has 0 fully saturated rings. The van der Waals surface area contributed by atoms with Crippen LogP contribution < -0.4 is 10.6 Å². The van der Waals surface area contributed by atoms with Crippen molar-refractivity contribution in [3.63, 3.8) is 0 Å². The van der Waals surface area contributed by atoms with E-state index in [0.29, 0.717) is 11.7 Å². The van der Waals surface area contributed by atoms with Gasteiger partial charge in [-0.05, 0) is 38.0 Å². The van der Waals surface area contributed by atoms with Gasteiger partial charge < -0.3 is 10.6 Å². The molecule has 21 heavy (non-hydrogen) atoms. The normalized spacial score (nSPS) is 10.4. The van der Waals surface area contributed by atoms with Crippen molar-refractivity contribution in [1.82, 2.24) is 20.4 Å². The first-order chi connectivity index (χ1) is 10.1. The Morgan fingerprint density at radius 3 is 2.52 bits per heavy atom. The topological polar surface area (TPSA) is 41.9 Å². The van der Waals surface area contributed by atoms with E-state index >= 15 is 0 Å². The third-order valence-corrected chi connectivity index (χ3v) is 3.92. The zero-order valence-corrected chi connectivity index (χ0v) is 13.6. The van der Waals surface area contributed by atoms with Crippen LogP contribution in [0.25, 0.3) is 0 Å². The standard InChI is InChI=1S/C16H22N4S/c1-12-15(13(2)20(3)19-12)11-18-16(21)17-10-9-14-7-5-4-6-8-14/h4-8H,9-11H2,1-3H3,(H2,17,18,21). The third-order valence-electron chi connectivity index (χ3n) is 3.63. The van der Waals surface area contributed by atoms with Gasteiger partial charge in [0.1, 0.15) is 0 Å². The Kier molecular flexibility index (Phi) is 5.33. The summed E-state index contributed by atoms with van der Waals surface area (Å²) < 4.78 is 1.90. The monoisotopic (exact) mass is 302 g/mol. The maximum Gasteiger partial charge on any atom is 0.166 e. The summed E-state index contributed by atoms with van der Waals surface area (Å²) in [5.41, 5.74) is 4.75. The highest BCUT2D eigenvalue weighted by Gasteiger charge is 2.09. The second kappa shape index (κ2) is 7.22. The highest BCUT2D eigenvalue weighted by Crippen LogP contribution is 2.10. The van der Waals surface area contributed by atoms with Crippen LogP contribution in [0, 0.1) is 13.8 Å². The van der Waals surface area contributed by atoms with Gasteiger partial charge in [0, 0.05) is 31.4 Å². The highest BCUT2D eigenvalue weighted by atomic mass is 32.1. The first-order valence-corrected chi connectivity index (χ1v) is 7.53. The molecule has 1 heterocycles. The van der Waals surface area contributed by atoms with Gasteiger partial charge in [0.15, 0.2) is 5.11 Å². The molecular formula is C16H22N4S. The van der Waals surface area contributed by atoms with Crippen LogP contribution in [-0.2, 0) is 20.0 Å². The predicted molar refractivity (Wildman–Crippen MR) is 90.3 cm³/mol. The SMILES string of the molecule is Cc1nn(C)c(C)c1CNC(=S)NCCc1ccccc1. The van der Waals surface area contributed by atoms with E-state index in [1.54, 1.807) is 0 Å². The van der Waals surface area contributed by atoms with E-state index in [9.17, 15) is 0 Å². The zero-order chi connectivity index (χ0) is 15.2. The molecule has 0 unspecified atom stereocenters. The van der Waals surface area contributed by atoms with Crippen LogP contribution in [0.5, 0.6) is 0 Å². The van der Waals surface area contributed by atoms with Crippen molar-refractivity contribution >= 4 is 17.3 Å². The first kappa shape index (κ1) is 15.5. The molecule has 1 aromatic heterocycles. The molecule has 0 atom stereocenters. The lowest BCUT2D eigenvalue weighted by molar-refractivity contribution is 0.729. The molecule has 0 aliphatic heterocycles. The highest BCUT2D eigenvalue weighted by molar-refractivity contribution is 7.80. The molecule has 2 rings (SSSR count). The fourth-order valence-electron chi connectivity index (χ4n) is 2.27. The molecule has 2 aromatic rings. The first-order valence-electron chi connectivity index (χ1n) is 7.12. The molecule has 0 radical (unpaired) electrons. The number of thiocarbonyl (C=S) groups is 1. The maximum absolute atomic E-state index is 5.31. The largest absolute Gasteiger partial charge is 0.362 e. The molecule has 2 N–H and O–H groups in total. The van der Waals surface area contributed by atoms with Crippen molar-refractivity contribution in [2.75, 3.05) is 6.54 Å². The molecule has 1 aromatic carbocycles. The molecule has 0 aliphatic rings. The molecule has 112 valence electrons. The van der Waals surface area contributed by atoms with Crippen molar-refractivity contribution in [2.45, 2.75) is 26.8 Å². The summed E-state index contributed by atoms with van der Waals surface area (Å²) in [5, 5.41) is 11.6. The smallest absolute Gasteiger partial charge is 0.166 e. The lowest BCUT2D eigenvalue weighted by Gasteiger charge is -2.11. The van der Waals surface area contributed by atoms with Crippen LogP contribution in [0.4, 0.5) is 0 Å². The average molecular weight is 302 g/mol. The molecule has 0 bridgehead atoms. The second-order valence-electron chi connectivity index (χ2n) is 5.12. The molecule has 0 saturated carbocycles. The van der Waals surface area contributed by atoms with Gasteiger partial charge in [0.25, 0.3) is 0 Å². The number of hydrogen-bond donors (Lipinski definition) is 2. The lowest BCUT2D eigenvalue weighted by atomic mass is 10.1. The van der Waals surface area contributed by atoms with Crippen LogP contribution >= 0.6 is 12.2 Å². The number of nitrogens with zero attached hydrogens (tertiary/aromatic N) is 2. The predicted octanol–water partition coefficient (Wildman–Crippen LogP) is 2.24. The average Bonchev–Trinajstić information content (AvgIpc) is 2.71. The van der Waals surface area contributed by atoms with E-state index in [1.807, 2.05) is 24.7 Å². The summed E-state index contributed by atoms with van der Waals surface area (Å²) in [7, 11) is 1.96. The zero-order valence-electron chi connectivity index (χ0n) is 12.8. The van der Waals surface area contributed by atoms with E-state index in [4.69, 9.17) is 12.2 Å². The minimum absolute atomic E-state index is 0.689. The number of benzene rings is 1.